The van der Waals surface area contributed by atoms with Crippen LogP contribution in [0.2, 0.25) is 0 Å². The maximum absolute atomic E-state index is 12.7. The Kier molecular flexibility index (Phi) is 6.15. The summed E-state index contributed by atoms with van der Waals surface area (Å²) < 4.78 is 11.2. The number of nitrogens with one attached hydrogen (secondary N) is 1. The van der Waals surface area contributed by atoms with E-state index in [1.54, 1.807) is 13.1 Å². The van der Waals surface area contributed by atoms with Gasteiger partial charge in [0.05, 0.1) is 11.3 Å². The normalized spacial score (nSPS) is 19.0. The third-order valence-corrected chi connectivity index (χ3v) is 6.01. The first kappa shape index (κ1) is 21.2. The van der Waals surface area contributed by atoms with Crippen LogP contribution in [-0.2, 0) is 0 Å². The van der Waals surface area contributed by atoms with Gasteiger partial charge in [0.25, 0.3) is 5.91 Å². The van der Waals surface area contributed by atoms with Crippen LogP contribution < -0.4 is 5.32 Å². The summed E-state index contributed by atoms with van der Waals surface area (Å²) in [5.74, 6) is 2.52. The summed E-state index contributed by atoms with van der Waals surface area (Å²) in [7, 11) is 0. The molecule has 1 amide bonds. The van der Waals surface area contributed by atoms with E-state index in [2.05, 4.69) is 25.7 Å². The highest BCUT2D eigenvalue weighted by Gasteiger charge is 2.28. The van der Waals surface area contributed by atoms with Gasteiger partial charge in [-0.2, -0.15) is 0 Å². The largest absolute Gasteiger partial charge is 0.420 e. The van der Waals surface area contributed by atoms with Gasteiger partial charge in [-0.05, 0) is 63.5 Å². The molecule has 0 saturated heterocycles. The van der Waals surface area contributed by atoms with Gasteiger partial charge in [-0.15, -0.1) is 10.2 Å². The molecule has 3 aromatic heterocycles. The zero-order chi connectivity index (χ0) is 22.0. The average Bonchev–Trinajstić information content (AvgIpc) is 3.40. The van der Waals surface area contributed by atoms with Crippen molar-refractivity contribution in [3.05, 3.63) is 46.9 Å². The van der Waals surface area contributed by atoms with Gasteiger partial charge in [0.15, 0.2) is 0 Å². The zero-order valence-corrected chi connectivity index (χ0v) is 18.5. The molecule has 1 aliphatic carbocycles. The maximum atomic E-state index is 12.7. The molecule has 1 fully saturated rings. The average molecular weight is 424 g/mol. The minimum atomic E-state index is -0.0992. The van der Waals surface area contributed by atoms with Gasteiger partial charge in [-0.1, -0.05) is 19.0 Å². The van der Waals surface area contributed by atoms with Crippen LogP contribution in [0.15, 0.2) is 27.3 Å². The quantitative estimate of drug-likeness (QED) is 0.619. The summed E-state index contributed by atoms with van der Waals surface area (Å²) in [6.45, 7) is 8.39. The fraction of sp³-hybridized carbons (Fsp3) is 0.522. The smallest absolute Gasteiger partial charge is 0.256 e. The van der Waals surface area contributed by atoms with E-state index < -0.39 is 0 Å². The number of pyridine rings is 1. The van der Waals surface area contributed by atoms with E-state index in [9.17, 15) is 4.79 Å². The topological polar surface area (TPSA) is 107 Å². The van der Waals surface area contributed by atoms with Gasteiger partial charge >= 0.3 is 0 Å². The third kappa shape index (κ3) is 4.68. The van der Waals surface area contributed by atoms with Crippen LogP contribution in [0.25, 0.3) is 11.5 Å². The molecule has 31 heavy (non-hydrogen) atoms. The van der Waals surface area contributed by atoms with Crippen molar-refractivity contribution < 1.29 is 13.7 Å². The standard InChI is InChI=1S/C23H29N5O3/c1-13(2)20-19(15(4)31-28-20)21(29)25-11-16-6-9-17(10-7-16)22-26-27-23(30-22)18-8-5-14(3)24-12-18/h5,8,12-13,16-17H,6-7,9-11H2,1-4H3,(H,25,29). The highest BCUT2D eigenvalue weighted by atomic mass is 16.5. The molecule has 0 aliphatic heterocycles. The van der Waals surface area contributed by atoms with Crippen LogP contribution in [0.4, 0.5) is 0 Å². The minimum absolute atomic E-state index is 0.0992. The number of hydrogen-bond acceptors (Lipinski definition) is 7. The molecule has 0 spiro atoms. The molecular formula is C23H29N5O3. The number of carbonyl (C=O) groups excluding carboxylic acids is 1. The van der Waals surface area contributed by atoms with Crippen LogP contribution >= 0.6 is 0 Å². The Bertz CT molecular complexity index is 1030. The lowest BCUT2D eigenvalue weighted by molar-refractivity contribution is 0.0939. The van der Waals surface area contributed by atoms with Crippen molar-refractivity contribution in [2.45, 2.75) is 65.2 Å². The Labute approximate surface area is 181 Å². The molecule has 0 bridgehead atoms. The van der Waals surface area contributed by atoms with Crippen molar-refractivity contribution in [2.75, 3.05) is 6.54 Å². The van der Waals surface area contributed by atoms with E-state index in [1.807, 2.05) is 32.9 Å². The third-order valence-electron chi connectivity index (χ3n) is 6.01. The lowest BCUT2D eigenvalue weighted by Crippen LogP contribution is -2.32. The number of amides is 1. The molecule has 4 rings (SSSR count). The Morgan fingerprint density at radius 3 is 2.61 bits per heavy atom. The fourth-order valence-corrected chi connectivity index (χ4v) is 4.11. The summed E-state index contributed by atoms with van der Waals surface area (Å²) >= 11 is 0. The summed E-state index contributed by atoms with van der Waals surface area (Å²) in [6, 6.07) is 3.88. The zero-order valence-electron chi connectivity index (χ0n) is 18.5. The van der Waals surface area contributed by atoms with Crippen LogP contribution in [0.1, 0.15) is 84.8 Å². The number of rotatable bonds is 6. The number of aromatic nitrogens is 4. The molecule has 0 aromatic carbocycles. The summed E-state index contributed by atoms with van der Waals surface area (Å²) in [5, 5.41) is 15.6. The van der Waals surface area contributed by atoms with E-state index in [1.165, 1.54) is 0 Å². The lowest BCUT2D eigenvalue weighted by Gasteiger charge is -2.26. The first-order chi connectivity index (χ1) is 14.9. The molecule has 3 aromatic rings. The van der Waals surface area contributed by atoms with Crippen molar-refractivity contribution in [1.29, 1.82) is 0 Å². The van der Waals surface area contributed by atoms with Gasteiger partial charge in [-0.25, -0.2) is 0 Å². The van der Waals surface area contributed by atoms with Gasteiger partial charge in [0.1, 0.15) is 11.3 Å². The van der Waals surface area contributed by atoms with Crippen molar-refractivity contribution >= 4 is 5.91 Å². The molecule has 1 saturated carbocycles. The van der Waals surface area contributed by atoms with Crippen LogP contribution in [0, 0.1) is 19.8 Å². The van der Waals surface area contributed by atoms with E-state index in [0.29, 0.717) is 35.6 Å². The number of nitrogens with zero attached hydrogens (tertiary/aromatic N) is 4. The first-order valence-electron chi connectivity index (χ1n) is 10.9. The van der Waals surface area contributed by atoms with E-state index >= 15 is 0 Å². The number of carbonyl (C=O) groups is 1. The fourth-order valence-electron chi connectivity index (χ4n) is 4.11. The van der Waals surface area contributed by atoms with Gasteiger partial charge in [0, 0.05) is 24.4 Å². The Balaban J connectivity index is 1.30. The summed E-state index contributed by atoms with van der Waals surface area (Å²) in [5.41, 5.74) is 3.08. The second kappa shape index (κ2) is 8.99. The molecule has 164 valence electrons. The van der Waals surface area contributed by atoms with Crippen LogP contribution in [-0.4, -0.2) is 32.8 Å². The highest BCUT2D eigenvalue weighted by Crippen LogP contribution is 2.36. The summed E-state index contributed by atoms with van der Waals surface area (Å²) in [6.07, 6.45) is 5.71. The van der Waals surface area contributed by atoms with Gasteiger partial charge in [0.2, 0.25) is 11.8 Å². The van der Waals surface area contributed by atoms with Crippen molar-refractivity contribution in [3.63, 3.8) is 0 Å². The monoisotopic (exact) mass is 423 g/mol. The van der Waals surface area contributed by atoms with Crippen molar-refractivity contribution in [3.8, 4) is 11.5 Å². The van der Waals surface area contributed by atoms with Gasteiger partial charge in [-0.3, -0.25) is 9.78 Å². The van der Waals surface area contributed by atoms with Crippen molar-refractivity contribution in [2.24, 2.45) is 5.92 Å². The SMILES string of the molecule is Cc1ccc(-c2nnc(C3CCC(CNC(=O)c4c(C(C)C)noc4C)CC3)o2)cn1. The number of aryl methyl sites for hydroxylation is 2. The Morgan fingerprint density at radius 1 is 1.16 bits per heavy atom. The molecule has 3 heterocycles. The Morgan fingerprint density at radius 2 is 1.94 bits per heavy atom. The van der Waals surface area contributed by atoms with E-state index in [4.69, 9.17) is 8.94 Å². The summed E-state index contributed by atoms with van der Waals surface area (Å²) in [4.78, 5) is 17.0. The van der Waals surface area contributed by atoms with Gasteiger partial charge < -0.3 is 14.3 Å². The lowest BCUT2D eigenvalue weighted by atomic mass is 9.82. The van der Waals surface area contributed by atoms with E-state index in [-0.39, 0.29) is 17.7 Å². The second-order valence-electron chi connectivity index (χ2n) is 8.72. The molecule has 8 heteroatoms. The molecular weight excluding hydrogens is 394 g/mol. The van der Waals surface area contributed by atoms with Crippen LogP contribution in [0.3, 0.4) is 0 Å². The van der Waals surface area contributed by atoms with Crippen molar-refractivity contribution in [1.82, 2.24) is 25.7 Å². The number of hydrogen-bond donors (Lipinski definition) is 1. The minimum Gasteiger partial charge on any atom is -0.420 e. The maximum Gasteiger partial charge on any atom is 0.256 e. The Hall–Kier alpha value is -3.03. The molecule has 0 atom stereocenters. The first-order valence-corrected chi connectivity index (χ1v) is 10.9. The van der Waals surface area contributed by atoms with E-state index in [0.717, 1.165) is 42.6 Å². The molecule has 0 radical (unpaired) electrons. The molecule has 0 unspecified atom stereocenters. The second-order valence-corrected chi connectivity index (χ2v) is 8.72. The van der Waals surface area contributed by atoms with Crippen LogP contribution in [0.5, 0.6) is 0 Å². The molecule has 1 aliphatic rings. The molecule has 1 N–H and O–H groups in total. The molecule has 8 nitrogen and oxygen atoms in total. The highest BCUT2D eigenvalue weighted by molar-refractivity contribution is 5.96. The predicted octanol–water partition coefficient (Wildman–Crippen LogP) is 4.56. The predicted molar refractivity (Wildman–Crippen MR) is 115 cm³/mol.